The van der Waals surface area contributed by atoms with E-state index in [0.717, 1.165) is 20.4 Å². The van der Waals surface area contributed by atoms with Gasteiger partial charge in [0.1, 0.15) is 0 Å². The fraction of sp³-hybridized carbons (Fsp3) is 0.211. The zero-order valence-electron chi connectivity index (χ0n) is 14.3. The molecule has 1 N–H and O–H groups in total. The molecular formula is C19H19IN2O3S. The summed E-state index contributed by atoms with van der Waals surface area (Å²) in [6.45, 7) is 2.47. The molecule has 2 aromatic carbocycles. The smallest absolute Gasteiger partial charge is 0.248 e. The highest BCUT2D eigenvalue weighted by atomic mass is 127. The van der Waals surface area contributed by atoms with Gasteiger partial charge in [-0.05, 0) is 83.5 Å². The van der Waals surface area contributed by atoms with Gasteiger partial charge in [0.15, 0.2) is 0 Å². The number of nitrogens with zero attached hydrogens (tertiary/aromatic N) is 1. The van der Waals surface area contributed by atoms with Crippen LogP contribution in [-0.4, -0.2) is 26.6 Å². The lowest BCUT2D eigenvalue weighted by Gasteiger charge is -2.16. The highest BCUT2D eigenvalue weighted by Crippen LogP contribution is 2.24. The fourth-order valence-corrected chi connectivity index (χ4v) is 5.01. The number of hydrogen-bond donors (Lipinski definition) is 1. The largest absolute Gasteiger partial charge is 0.322 e. The Hall–Kier alpha value is -1.87. The number of aryl methyl sites for hydroxylation is 1. The Morgan fingerprint density at radius 1 is 1.19 bits per heavy atom. The summed E-state index contributed by atoms with van der Waals surface area (Å²) < 4.78 is 26.4. The van der Waals surface area contributed by atoms with Crippen LogP contribution in [0.5, 0.6) is 0 Å². The second-order valence-corrected chi connectivity index (χ2v) is 9.37. The van der Waals surface area contributed by atoms with Crippen molar-refractivity contribution in [2.24, 2.45) is 0 Å². The molecule has 1 aliphatic rings. The molecule has 2 aromatic rings. The van der Waals surface area contributed by atoms with Crippen molar-refractivity contribution in [1.29, 1.82) is 0 Å². The number of amides is 1. The Bertz CT molecular complexity index is 953. The molecule has 0 saturated carbocycles. The van der Waals surface area contributed by atoms with Crippen LogP contribution in [0.3, 0.4) is 0 Å². The average Bonchev–Trinajstić information content (AvgIpc) is 2.95. The highest BCUT2D eigenvalue weighted by molar-refractivity contribution is 14.1. The average molecular weight is 482 g/mol. The number of benzene rings is 2. The molecule has 7 heteroatoms. The summed E-state index contributed by atoms with van der Waals surface area (Å²) in [5.74, 6) is -0.00669. The SMILES string of the molecule is Cc1cc(I)ccc1NC(=O)/C=C/c1ccc(N2CCCS2(=O)=O)cc1. The van der Waals surface area contributed by atoms with Crippen molar-refractivity contribution in [3.05, 3.63) is 63.2 Å². The number of halogens is 1. The molecule has 1 heterocycles. The van der Waals surface area contributed by atoms with E-state index in [1.165, 1.54) is 10.4 Å². The van der Waals surface area contributed by atoms with Gasteiger partial charge in [-0.25, -0.2) is 8.42 Å². The van der Waals surface area contributed by atoms with E-state index in [2.05, 4.69) is 27.9 Å². The number of anilines is 2. The quantitative estimate of drug-likeness (QED) is 0.533. The van der Waals surface area contributed by atoms with Gasteiger partial charge in [0.2, 0.25) is 15.9 Å². The predicted octanol–water partition coefficient (Wildman–Crippen LogP) is 3.79. The lowest BCUT2D eigenvalue weighted by atomic mass is 10.2. The summed E-state index contributed by atoms with van der Waals surface area (Å²) in [4.78, 5) is 12.1. The van der Waals surface area contributed by atoms with Crippen molar-refractivity contribution in [1.82, 2.24) is 0 Å². The van der Waals surface area contributed by atoms with Crippen LogP contribution in [0.2, 0.25) is 0 Å². The third-order valence-corrected chi connectivity index (χ3v) is 6.69. The van der Waals surface area contributed by atoms with Crippen LogP contribution >= 0.6 is 22.6 Å². The summed E-state index contributed by atoms with van der Waals surface area (Å²) in [6.07, 6.45) is 3.83. The second kappa shape index (κ2) is 7.79. The highest BCUT2D eigenvalue weighted by Gasteiger charge is 2.28. The van der Waals surface area contributed by atoms with E-state index in [1.54, 1.807) is 18.2 Å². The number of carbonyl (C=O) groups is 1. The molecule has 0 bridgehead atoms. The minimum atomic E-state index is -3.17. The van der Waals surface area contributed by atoms with Gasteiger partial charge in [0, 0.05) is 21.9 Å². The minimum Gasteiger partial charge on any atom is -0.322 e. The van der Waals surface area contributed by atoms with E-state index in [0.29, 0.717) is 18.7 Å². The Morgan fingerprint density at radius 2 is 1.92 bits per heavy atom. The van der Waals surface area contributed by atoms with Crippen LogP contribution < -0.4 is 9.62 Å². The zero-order chi connectivity index (χ0) is 18.7. The zero-order valence-corrected chi connectivity index (χ0v) is 17.2. The first kappa shape index (κ1) is 18.9. The van der Waals surface area contributed by atoms with Gasteiger partial charge in [0.25, 0.3) is 0 Å². The maximum atomic E-state index is 12.1. The molecule has 0 aromatic heterocycles. The molecule has 0 atom stereocenters. The molecule has 5 nitrogen and oxygen atoms in total. The Morgan fingerprint density at radius 3 is 2.54 bits per heavy atom. The third kappa shape index (κ3) is 4.45. The summed E-state index contributed by atoms with van der Waals surface area (Å²) in [5, 5.41) is 2.86. The van der Waals surface area contributed by atoms with E-state index < -0.39 is 10.0 Å². The molecule has 1 amide bonds. The maximum Gasteiger partial charge on any atom is 0.248 e. The molecular weight excluding hydrogens is 463 g/mol. The first-order chi connectivity index (χ1) is 12.3. The van der Waals surface area contributed by atoms with E-state index in [-0.39, 0.29) is 11.7 Å². The van der Waals surface area contributed by atoms with Gasteiger partial charge < -0.3 is 5.32 Å². The fourth-order valence-electron chi connectivity index (χ4n) is 2.79. The van der Waals surface area contributed by atoms with E-state index >= 15 is 0 Å². The molecule has 0 radical (unpaired) electrons. The van der Waals surface area contributed by atoms with Crippen LogP contribution in [0, 0.1) is 10.5 Å². The maximum absolute atomic E-state index is 12.1. The summed E-state index contributed by atoms with van der Waals surface area (Å²) in [5.41, 5.74) is 3.29. The molecule has 26 heavy (non-hydrogen) atoms. The van der Waals surface area contributed by atoms with Gasteiger partial charge in [-0.15, -0.1) is 0 Å². The minimum absolute atomic E-state index is 0.201. The standard InChI is InChI=1S/C19H19IN2O3S/c1-14-13-16(20)6-9-18(14)21-19(23)10-5-15-3-7-17(8-4-15)22-11-2-12-26(22,24)25/h3-10,13H,2,11-12H2,1H3,(H,21,23)/b10-5+. The van der Waals surface area contributed by atoms with Crippen LogP contribution in [0.15, 0.2) is 48.5 Å². The summed E-state index contributed by atoms with van der Waals surface area (Å²) in [7, 11) is -3.17. The van der Waals surface area contributed by atoms with Crippen LogP contribution in [0.1, 0.15) is 17.5 Å². The molecule has 1 fully saturated rings. The second-order valence-electron chi connectivity index (χ2n) is 6.12. The number of sulfonamides is 1. The number of hydrogen-bond acceptors (Lipinski definition) is 3. The number of rotatable bonds is 4. The molecule has 3 rings (SSSR count). The topological polar surface area (TPSA) is 66.5 Å². The Labute approximate surface area is 167 Å². The Balaban J connectivity index is 1.66. The molecule has 136 valence electrons. The van der Waals surface area contributed by atoms with Crippen molar-refractivity contribution in [3.8, 4) is 0 Å². The van der Waals surface area contributed by atoms with E-state index in [4.69, 9.17) is 0 Å². The van der Waals surface area contributed by atoms with Crippen LogP contribution in [0.25, 0.3) is 6.08 Å². The van der Waals surface area contributed by atoms with Crippen molar-refractivity contribution in [3.63, 3.8) is 0 Å². The molecule has 0 unspecified atom stereocenters. The van der Waals surface area contributed by atoms with Gasteiger partial charge in [-0.1, -0.05) is 12.1 Å². The van der Waals surface area contributed by atoms with E-state index in [1.807, 2.05) is 37.3 Å². The predicted molar refractivity (Wildman–Crippen MR) is 114 cm³/mol. The van der Waals surface area contributed by atoms with Gasteiger partial charge in [-0.2, -0.15) is 0 Å². The van der Waals surface area contributed by atoms with Gasteiger partial charge >= 0.3 is 0 Å². The van der Waals surface area contributed by atoms with Gasteiger partial charge in [-0.3, -0.25) is 9.10 Å². The number of nitrogens with one attached hydrogen (secondary N) is 1. The van der Waals surface area contributed by atoms with Crippen LogP contribution in [-0.2, 0) is 14.8 Å². The van der Waals surface area contributed by atoms with Crippen molar-refractivity contribution < 1.29 is 13.2 Å². The molecule has 1 saturated heterocycles. The summed E-state index contributed by atoms with van der Waals surface area (Å²) in [6, 6.07) is 13.0. The molecule has 1 aliphatic heterocycles. The van der Waals surface area contributed by atoms with Crippen molar-refractivity contribution >= 4 is 56.0 Å². The van der Waals surface area contributed by atoms with Crippen LogP contribution in [0.4, 0.5) is 11.4 Å². The lowest BCUT2D eigenvalue weighted by Crippen LogP contribution is -2.24. The van der Waals surface area contributed by atoms with E-state index in [9.17, 15) is 13.2 Å². The summed E-state index contributed by atoms with van der Waals surface area (Å²) >= 11 is 2.23. The van der Waals surface area contributed by atoms with Gasteiger partial charge in [0.05, 0.1) is 11.4 Å². The monoisotopic (exact) mass is 482 g/mol. The van der Waals surface area contributed by atoms with Crippen molar-refractivity contribution in [2.45, 2.75) is 13.3 Å². The molecule has 0 aliphatic carbocycles. The lowest BCUT2D eigenvalue weighted by molar-refractivity contribution is -0.111. The number of carbonyl (C=O) groups excluding carboxylic acids is 1. The normalized spacial score (nSPS) is 16.2. The van der Waals surface area contributed by atoms with Crippen molar-refractivity contribution in [2.75, 3.05) is 21.9 Å². The first-order valence-corrected chi connectivity index (χ1v) is 10.9. The third-order valence-electron chi connectivity index (χ3n) is 4.15. The Kier molecular flexibility index (Phi) is 5.67. The first-order valence-electron chi connectivity index (χ1n) is 8.21. The molecule has 0 spiro atoms.